The first-order chi connectivity index (χ1) is 12.7. The van der Waals surface area contributed by atoms with E-state index in [9.17, 15) is 9.18 Å². The topological polar surface area (TPSA) is 52.8 Å². The van der Waals surface area contributed by atoms with Gasteiger partial charge in [0.2, 0.25) is 6.79 Å². The summed E-state index contributed by atoms with van der Waals surface area (Å²) in [4.78, 5) is 17.2. The monoisotopic (exact) mass is 390 g/mol. The zero-order valence-electron chi connectivity index (χ0n) is 13.9. The lowest BCUT2D eigenvalue weighted by Gasteiger charge is -2.04. The van der Waals surface area contributed by atoms with Crippen molar-refractivity contribution in [2.45, 2.75) is 6.54 Å². The van der Waals surface area contributed by atoms with E-state index in [1.54, 1.807) is 23.9 Å². The Kier molecular flexibility index (Phi) is 4.69. The van der Waals surface area contributed by atoms with Crippen LogP contribution in [0.15, 0.2) is 41.4 Å². The average Bonchev–Trinajstić information content (AvgIpc) is 3.21. The summed E-state index contributed by atoms with van der Waals surface area (Å²) in [7, 11) is 0. The Bertz CT molecular complexity index is 1060. The number of thiazole rings is 1. The van der Waals surface area contributed by atoms with Crippen molar-refractivity contribution in [3.8, 4) is 11.5 Å². The number of halogens is 1. The maximum atomic E-state index is 13.9. The zero-order valence-corrected chi connectivity index (χ0v) is 15.5. The third kappa shape index (κ3) is 3.10. The Balaban J connectivity index is 1.85. The van der Waals surface area contributed by atoms with Crippen LogP contribution in [0.2, 0.25) is 0 Å². The number of fused-ring (bicyclic) bond motifs is 2. The normalized spacial score (nSPS) is 13.5. The van der Waals surface area contributed by atoms with Gasteiger partial charge < -0.3 is 14.0 Å². The summed E-state index contributed by atoms with van der Waals surface area (Å²) < 4.78 is 27.7. The number of thioether (sulfide) groups is 1. The van der Waals surface area contributed by atoms with Gasteiger partial charge in [-0.2, -0.15) is 16.8 Å². The molecule has 0 fully saturated rings. The van der Waals surface area contributed by atoms with E-state index in [0.29, 0.717) is 22.8 Å². The lowest BCUT2D eigenvalue weighted by Crippen LogP contribution is -2.18. The van der Waals surface area contributed by atoms with Crippen molar-refractivity contribution in [1.82, 2.24) is 4.57 Å². The fourth-order valence-corrected chi connectivity index (χ4v) is 4.16. The van der Waals surface area contributed by atoms with E-state index in [0.717, 1.165) is 16.0 Å². The maximum absolute atomic E-state index is 13.9. The predicted octanol–water partition coefficient (Wildman–Crippen LogP) is 3.67. The van der Waals surface area contributed by atoms with Gasteiger partial charge in [-0.05, 0) is 18.4 Å². The third-order valence-electron chi connectivity index (χ3n) is 4.00. The highest BCUT2D eigenvalue weighted by atomic mass is 32.2. The Morgan fingerprint density at radius 3 is 2.85 bits per heavy atom. The van der Waals surface area contributed by atoms with Crippen LogP contribution in [0.25, 0.3) is 10.2 Å². The van der Waals surface area contributed by atoms with Crippen molar-refractivity contribution in [3.63, 3.8) is 0 Å². The molecule has 134 valence electrons. The van der Waals surface area contributed by atoms with Crippen molar-refractivity contribution in [3.05, 3.63) is 52.6 Å². The van der Waals surface area contributed by atoms with Crippen molar-refractivity contribution in [2.24, 2.45) is 4.99 Å². The van der Waals surface area contributed by atoms with E-state index in [1.807, 2.05) is 23.0 Å². The number of nitrogens with zero attached hydrogens (tertiary/aromatic N) is 2. The summed E-state index contributed by atoms with van der Waals surface area (Å²) in [6, 6.07) is 9.67. The Hall–Kier alpha value is -2.32. The number of aromatic nitrogens is 1. The van der Waals surface area contributed by atoms with Crippen LogP contribution in [-0.2, 0) is 6.54 Å². The van der Waals surface area contributed by atoms with E-state index in [-0.39, 0.29) is 12.4 Å². The van der Waals surface area contributed by atoms with Crippen molar-refractivity contribution >= 4 is 39.2 Å². The number of ether oxygens (including phenoxy) is 2. The molecule has 8 heteroatoms. The smallest absolute Gasteiger partial charge is 0.282 e. The van der Waals surface area contributed by atoms with Crippen LogP contribution in [-0.4, -0.2) is 29.3 Å². The van der Waals surface area contributed by atoms with E-state index < -0.39 is 11.7 Å². The minimum absolute atomic E-state index is 0.0319. The SMILES string of the molecule is CSCCn1c(=NC(=O)c2ccccc2F)sc2cc3c(cc21)OCO3. The molecule has 1 aliphatic heterocycles. The first-order valence-corrected chi connectivity index (χ1v) is 10.1. The van der Waals surface area contributed by atoms with Crippen LogP contribution in [0, 0.1) is 5.82 Å². The lowest BCUT2D eigenvalue weighted by atomic mass is 10.2. The molecular formula is C18H15FN2O3S2. The molecule has 0 bridgehead atoms. The van der Waals surface area contributed by atoms with Crippen LogP contribution < -0.4 is 14.3 Å². The molecule has 1 amide bonds. The van der Waals surface area contributed by atoms with Crippen LogP contribution in [0.3, 0.4) is 0 Å². The minimum atomic E-state index is -0.590. The predicted molar refractivity (Wildman–Crippen MR) is 101 cm³/mol. The van der Waals surface area contributed by atoms with Crippen LogP contribution in [0.1, 0.15) is 10.4 Å². The molecule has 5 nitrogen and oxygen atoms in total. The number of rotatable bonds is 4. The summed E-state index contributed by atoms with van der Waals surface area (Å²) >= 11 is 3.08. The number of carbonyl (C=O) groups is 1. The van der Waals surface area contributed by atoms with Gasteiger partial charge in [-0.3, -0.25) is 4.79 Å². The number of amides is 1. The van der Waals surface area contributed by atoms with Crippen molar-refractivity contribution in [2.75, 3.05) is 18.8 Å². The quantitative estimate of drug-likeness (QED) is 0.682. The molecule has 0 spiro atoms. The molecule has 0 N–H and O–H groups in total. The summed E-state index contributed by atoms with van der Waals surface area (Å²) in [5, 5.41) is 0. The standard InChI is InChI=1S/C18H15FN2O3S2/c1-25-7-6-21-13-8-14-15(24-10-23-14)9-16(13)26-18(21)20-17(22)11-4-2-3-5-12(11)19/h2-5,8-9H,6-7,10H2,1H3. The fourth-order valence-electron chi connectivity index (χ4n) is 2.73. The van der Waals surface area contributed by atoms with Gasteiger partial charge in [0, 0.05) is 24.4 Å². The molecule has 0 radical (unpaired) electrons. The van der Waals surface area contributed by atoms with Crippen LogP contribution in [0.4, 0.5) is 4.39 Å². The maximum Gasteiger partial charge on any atom is 0.282 e. The van der Waals surface area contributed by atoms with Gasteiger partial charge in [0.25, 0.3) is 5.91 Å². The number of carbonyl (C=O) groups excluding carboxylic acids is 1. The molecule has 4 rings (SSSR count). The lowest BCUT2D eigenvalue weighted by molar-refractivity contribution is 0.0994. The number of hydrogen-bond acceptors (Lipinski definition) is 5. The van der Waals surface area contributed by atoms with Crippen molar-refractivity contribution < 1.29 is 18.7 Å². The van der Waals surface area contributed by atoms with E-state index in [4.69, 9.17) is 9.47 Å². The summed E-state index contributed by atoms with van der Waals surface area (Å²) in [5.41, 5.74) is 0.893. The molecule has 3 aromatic rings. The van der Waals surface area contributed by atoms with E-state index in [2.05, 4.69) is 4.99 Å². The number of hydrogen-bond donors (Lipinski definition) is 0. The summed E-state index contributed by atoms with van der Waals surface area (Å²) in [6.07, 6.45) is 2.02. The molecule has 0 unspecified atom stereocenters. The second-order valence-corrected chi connectivity index (χ2v) is 7.59. The van der Waals surface area contributed by atoms with Gasteiger partial charge in [-0.1, -0.05) is 23.5 Å². The fraction of sp³-hybridized carbons (Fsp3) is 0.222. The van der Waals surface area contributed by atoms with Crippen molar-refractivity contribution in [1.29, 1.82) is 0 Å². The van der Waals surface area contributed by atoms with E-state index in [1.165, 1.54) is 23.5 Å². The molecule has 1 aromatic heterocycles. The van der Waals surface area contributed by atoms with Gasteiger partial charge >= 0.3 is 0 Å². The third-order valence-corrected chi connectivity index (χ3v) is 5.63. The first kappa shape index (κ1) is 17.1. The average molecular weight is 390 g/mol. The van der Waals surface area contributed by atoms with Gasteiger partial charge in [-0.25, -0.2) is 4.39 Å². The molecule has 0 saturated carbocycles. The zero-order chi connectivity index (χ0) is 18.1. The minimum Gasteiger partial charge on any atom is -0.454 e. The molecule has 0 aliphatic carbocycles. The molecule has 0 atom stereocenters. The van der Waals surface area contributed by atoms with Gasteiger partial charge in [-0.15, -0.1) is 0 Å². The number of aryl methyl sites for hydroxylation is 1. The Labute approximate surface area is 157 Å². The van der Waals surface area contributed by atoms with Gasteiger partial charge in [0.15, 0.2) is 16.3 Å². The van der Waals surface area contributed by atoms with Crippen LogP contribution in [0.5, 0.6) is 11.5 Å². The highest BCUT2D eigenvalue weighted by Gasteiger charge is 2.18. The molecule has 26 heavy (non-hydrogen) atoms. The highest BCUT2D eigenvalue weighted by Crippen LogP contribution is 2.37. The highest BCUT2D eigenvalue weighted by molar-refractivity contribution is 7.98. The molecule has 1 aliphatic rings. The van der Waals surface area contributed by atoms with Crippen LogP contribution >= 0.6 is 23.1 Å². The number of benzene rings is 2. The molecular weight excluding hydrogens is 375 g/mol. The molecule has 2 heterocycles. The second-order valence-electron chi connectivity index (χ2n) is 5.60. The van der Waals surface area contributed by atoms with Gasteiger partial charge in [0.1, 0.15) is 5.82 Å². The summed E-state index contributed by atoms with van der Waals surface area (Å²) in [5.74, 6) is 1.07. The largest absolute Gasteiger partial charge is 0.454 e. The first-order valence-electron chi connectivity index (χ1n) is 7.93. The Morgan fingerprint density at radius 2 is 2.08 bits per heavy atom. The van der Waals surface area contributed by atoms with E-state index >= 15 is 0 Å². The summed E-state index contributed by atoms with van der Waals surface area (Å²) in [6.45, 7) is 0.893. The van der Waals surface area contributed by atoms with Gasteiger partial charge in [0.05, 0.1) is 15.8 Å². The Morgan fingerprint density at radius 1 is 1.31 bits per heavy atom. The molecule has 0 saturated heterocycles. The molecule has 2 aromatic carbocycles. The second kappa shape index (κ2) is 7.13.